The summed E-state index contributed by atoms with van der Waals surface area (Å²) in [5.74, 6) is -1.70. The predicted octanol–water partition coefficient (Wildman–Crippen LogP) is 1.74. The molecule has 152 valence electrons. The lowest BCUT2D eigenvalue weighted by atomic mass is 9.55. The molecule has 0 spiro atoms. The van der Waals surface area contributed by atoms with Crippen molar-refractivity contribution in [3.05, 3.63) is 70.8 Å². The van der Waals surface area contributed by atoms with E-state index in [9.17, 15) is 14.4 Å². The quantitative estimate of drug-likeness (QED) is 0.718. The van der Waals surface area contributed by atoms with Gasteiger partial charge >= 0.3 is 0 Å². The highest BCUT2D eigenvalue weighted by molar-refractivity contribution is 6.09. The van der Waals surface area contributed by atoms with Gasteiger partial charge in [-0.15, -0.1) is 0 Å². The lowest BCUT2D eigenvalue weighted by molar-refractivity contribution is -0.148. The van der Waals surface area contributed by atoms with Gasteiger partial charge in [0.2, 0.25) is 17.7 Å². The standard InChI is InChI=1S/C24H22N2O4/c27-18(25-9-11-30-12-10-25)13-26-23(28)21-19-14-5-1-2-6-15(14)20(22(21)24(26)29)17-8-4-3-7-16(17)19/h1-8,19-22H,9-13H2/t19?,20?,21-,22+. The molecule has 2 bridgehead atoms. The van der Waals surface area contributed by atoms with Gasteiger partial charge in [0, 0.05) is 24.9 Å². The molecule has 2 atom stereocenters. The van der Waals surface area contributed by atoms with Crippen LogP contribution < -0.4 is 0 Å². The fourth-order valence-corrected chi connectivity index (χ4v) is 5.94. The first-order chi connectivity index (χ1) is 14.7. The highest BCUT2D eigenvalue weighted by atomic mass is 16.5. The maximum atomic E-state index is 13.5. The van der Waals surface area contributed by atoms with E-state index in [1.54, 1.807) is 4.90 Å². The summed E-state index contributed by atoms with van der Waals surface area (Å²) in [5, 5.41) is 0. The monoisotopic (exact) mass is 402 g/mol. The zero-order valence-electron chi connectivity index (χ0n) is 16.5. The third kappa shape index (κ3) is 2.31. The smallest absolute Gasteiger partial charge is 0.242 e. The third-order valence-electron chi connectivity index (χ3n) is 7.20. The Morgan fingerprint density at radius 1 is 0.800 bits per heavy atom. The Kier molecular flexibility index (Phi) is 3.87. The van der Waals surface area contributed by atoms with Crippen molar-refractivity contribution in [3.8, 4) is 0 Å². The molecule has 0 saturated carbocycles. The minimum absolute atomic E-state index is 0.132. The van der Waals surface area contributed by atoms with Gasteiger partial charge in [0.15, 0.2) is 0 Å². The summed E-state index contributed by atoms with van der Waals surface area (Å²) in [4.78, 5) is 42.7. The van der Waals surface area contributed by atoms with Crippen molar-refractivity contribution in [1.82, 2.24) is 9.80 Å². The van der Waals surface area contributed by atoms with Crippen LogP contribution in [-0.2, 0) is 19.1 Å². The van der Waals surface area contributed by atoms with Gasteiger partial charge in [-0.05, 0) is 22.3 Å². The lowest BCUT2D eigenvalue weighted by Crippen LogP contribution is -2.47. The molecule has 30 heavy (non-hydrogen) atoms. The summed E-state index contributed by atoms with van der Waals surface area (Å²) in [6.45, 7) is 1.83. The average Bonchev–Trinajstić information content (AvgIpc) is 3.05. The number of benzene rings is 2. The molecule has 2 saturated heterocycles. The number of carbonyl (C=O) groups is 3. The molecule has 0 radical (unpaired) electrons. The molecule has 3 amide bonds. The van der Waals surface area contributed by atoms with Crippen molar-refractivity contribution >= 4 is 17.7 Å². The molecule has 0 aromatic heterocycles. The molecule has 6 heteroatoms. The number of morpholine rings is 1. The van der Waals surface area contributed by atoms with Gasteiger partial charge < -0.3 is 9.64 Å². The third-order valence-corrected chi connectivity index (χ3v) is 7.20. The van der Waals surface area contributed by atoms with E-state index in [2.05, 4.69) is 24.3 Å². The Hall–Kier alpha value is -2.99. The second-order valence-electron chi connectivity index (χ2n) is 8.52. The van der Waals surface area contributed by atoms with Crippen LogP contribution in [-0.4, -0.2) is 60.4 Å². The molecule has 6 nitrogen and oxygen atoms in total. The van der Waals surface area contributed by atoms with E-state index in [-0.39, 0.29) is 36.1 Å². The van der Waals surface area contributed by atoms with Gasteiger partial charge in [-0.2, -0.15) is 0 Å². The van der Waals surface area contributed by atoms with Gasteiger partial charge in [-0.1, -0.05) is 48.5 Å². The van der Waals surface area contributed by atoms with Gasteiger partial charge in [-0.3, -0.25) is 19.3 Å². The molecule has 7 rings (SSSR count). The number of hydrogen-bond acceptors (Lipinski definition) is 4. The van der Waals surface area contributed by atoms with E-state index in [0.29, 0.717) is 26.3 Å². The Morgan fingerprint density at radius 2 is 1.23 bits per heavy atom. The number of hydrogen-bond donors (Lipinski definition) is 0. The van der Waals surface area contributed by atoms with Gasteiger partial charge in [0.05, 0.1) is 25.0 Å². The molecule has 2 aromatic rings. The molecule has 2 aliphatic heterocycles. The van der Waals surface area contributed by atoms with Crippen LogP contribution in [0.2, 0.25) is 0 Å². The van der Waals surface area contributed by atoms with E-state index < -0.39 is 11.8 Å². The van der Waals surface area contributed by atoms with Crippen molar-refractivity contribution in [2.45, 2.75) is 11.8 Å². The van der Waals surface area contributed by atoms with E-state index in [1.165, 1.54) is 4.90 Å². The summed E-state index contributed by atoms with van der Waals surface area (Å²) >= 11 is 0. The number of likely N-dealkylation sites (tertiary alicyclic amines) is 1. The Balaban J connectivity index is 1.39. The summed E-state index contributed by atoms with van der Waals surface area (Å²) in [7, 11) is 0. The van der Waals surface area contributed by atoms with Crippen LogP contribution in [0.1, 0.15) is 34.1 Å². The number of rotatable bonds is 2. The number of carbonyl (C=O) groups excluding carboxylic acids is 3. The van der Waals surface area contributed by atoms with E-state index in [0.717, 1.165) is 22.3 Å². The number of amides is 3. The normalized spacial score (nSPS) is 28.9. The molecule has 3 aliphatic carbocycles. The fraction of sp³-hybridized carbons (Fsp3) is 0.375. The topological polar surface area (TPSA) is 66.9 Å². The minimum Gasteiger partial charge on any atom is -0.378 e. The molecule has 5 aliphatic rings. The fourth-order valence-electron chi connectivity index (χ4n) is 5.94. The largest absolute Gasteiger partial charge is 0.378 e. The summed E-state index contributed by atoms with van der Waals surface area (Å²) in [6, 6.07) is 16.3. The second-order valence-corrected chi connectivity index (χ2v) is 8.52. The van der Waals surface area contributed by atoms with Crippen LogP contribution in [0.15, 0.2) is 48.5 Å². The summed E-state index contributed by atoms with van der Waals surface area (Å²) in [5.41, 5.74) is 4.57. The van der Waals surface area contributed by atoms with Crippen LogP contribution in [0, 0.1) is 11.8 Å². The maximum Gasteiger partial charge on any atom is 0.242 e. The molecule has 2 aromatic carbocycles. The number of nitrogens with zero attached hydrogens (tertiary/aromatic N) is 2. The van der Waals surface area contributed by atoms with Crippen molar-refractivity contribution in [2.75, 3.05) is 32.8 Å². The van der Waals surface area contributed by atoms with Crippen LogP contribution in [0.25, 0.3) is 0 Å². The van der Waals surface area contributed by atoms with Crippen LogP contribution in [0.3, 0.4) is 0 Å². The Bertz CT molecular complexity index is 959. The van der Waals surface area contributed by atoms with Crippen molar-refractivity contribution in [1.29, 1.82) is 0 Å². The number of imide groups is 1. The van der Waals surface area contributed by atoms with Crippen molar-refractivity contribution in [2.24, 2.45) is 11.8 Å². The molecular weight excluding hydrogens is 380 g/mol. The minimum atomic E-state index is -0.426. The number of ether oxygens (including phenoxy) is 1. The molecule has 0 N–H and O–H groups in total. The van der Waals surface area contributed by atoms with Crippen molar-refractivity contribution < 1.29 is 19.1 Å². The van der Waals surface area contributed by atoms with Gasteiger partial charge in [0.1, 0.15) is 6.54 Å². The van der Waals surface area contributed by atoms with Crippen LogP contribution in [0.4, 0.5) is 0 Å². The summed E-state index contributed by atoms with van der Waals surface area (Å²) in [6.07, 6.45) is 0. The predicted molar refractivity (Wildman–Crippen MR) is 108 cm³/mol. The molecular formula is C24H22N2O4. The maximum absolute atomic E-state index is 13.5. The summed E-state index contributed by atoms with van der Waals surface area (Å²) < 4.78 is 5.31. The molecule has 2 heterocycles. The zero-order valence-corrected chi connectivity index (χ0v) is 16.5. The van der Waals surface area contributed by atoms with Crippen LogP contribution >= 0.6 is 0 Å². The first-order valence-electron chi connectivity index (χ1n) is 10.5. The Labute approximate surface area is 174 Å². The van der Waals surface area contributed by atoms with Crippen LogP contribution in [0.5, 0.6) is 0 Å². The zero-order chi connectivity index (χ0) is 20.4. The lowest BCUT2D eigenvalue weighted by Gasteiger charge is -2.45. The van der Waals surface area contributed by atoms with Crippen molar-refractivity contribution in [3.63, 3.8) is 0 Å². The first kappa shape index (κ1) is 17.8. The van der Waals surface area contributed by atoms with Gasteiger partial charge in [0.25, 0.3) is 0 Å². The SMILES string of the molecule is O=C(CN1C(=O)[C@@H]2C3c4ccccc4C(c4ccccc43)[C@@H]2C1=O)N1CCOCC1. The highest BCUT2D eigenvalue weighted by Crippen LogP contribution is 2.60. The highest BCUT2D eigenvalue weighted by Gasteiger charge is 2.61. The second kappa shape index (κ2) is 6.51. The van der Waals surface area contributed by atoms with E-state index in [1.807, 2.05) is 24.3 Å². The molecule has 2 fully saturated rings. The van der Waals surface area contributed by atoms with E-state index >= 15 is 0 Å². The van der Waals surface area contributed by atoms with Gasteiger partial charge in [-0.25, -0.2) is 0 Å². The van der Waals surface area contributed by atoms with E-state index in [4.69, 9.17) is 4.74 Å². The Morgan fingerprint density at radius 3 is 1.67 bits per heavy atom. The first-order valence-corrected chi connectivity index (χ1v) is 10.5. The average molecular weight is 402 g/mol. The molecule has 0 unspecified atom stereocenters.